The van der Waals surface area contributed by atoms with E-state index in [1.807, 2.05) is 37.3 Å². The Kier molecular flexibility index (Phi) is 5.76. The molecule has 4 nitrogen and oxygen atoms in total. The van der Waals surface area contributed by atoms with E-state index in [4.69, 9.17) is 0 Å². The third-order valence-corrected chi connectivity index (χ3v) is 4.14. The molecule has 19 heavy (non-hydrogen) atoms. The molecule has 0 bridgehead atoms. The van der Waals surface area contributed by atoms with Crippen molar-refractivity contribution in [2.75, 3.05) is 12.3 Å². The van der Waals surface area contributed by atoms with Gasteiger partial charge in [0, 0.05) is 18.0 Å². The van der Waals surface area contributed by atoms with Crippen molar-refractivity contribution in [3.63, 3.8) is 0 Å². The van der Waals surface area contributed by atoms with E-state index in [1.54, 1.807) is 0 Å². The largest absolute Gasteiger partial charge is 0.352 e. The van der Waals surface area contributed by atoms with Gasteiger partial charge in [-0.2, -0.15) is 0 Å². The number of carbonyl (C=O) groups excluding carboxylic acids is 1. The Labute approximate surface area is 114 Å². The summed E-state index contributed by atoms with van der Waals surface area (Å²) >= 11 is 0. The van der Waals surface area contributed by atoms with Crippen molar-refractivity contribution < 1.29 is 13.2 Å². The van der Waals surface area contributed by atoms with Crippen LogP contribution in [-0.2, 0) is 14.6 Å². The molecule has 0 heterocycles. The van der Waals surface area contributed by atoms with E-state index >= 15 is 0 Å². The zero-order valence-corrected chi connectivity index (χ0v) is 12.0. The summed E-state index contributed by atoms with van der Waals surface area (Å²) in [7, 11) is -3.25. The first kappa shape index (κ1) is 15.4. The van der Waals surface area contributed by atoms with Gasteiger partial charge in [-0.05, 0) is 11.5 Å². The van der Waals surface area contributed by atoms with Crippen LogP contribution in [0.15, 0.2) is 41.8 Å². The second kappa shape index (κ2) is 7.09. The molecular formula is C14H19NO3S. The van der Waals surface area contributed by atoms with Crippen LogP contribution in [0.5, 0.6) is 0 Å². The predicted molar refractivity (Wildman–Crippen MR) is 76.5 cm³/mol. The zero-order chi connectivity index (χ0) is 14.3. The van der Waals surface area contributed by atoms with Gasteiger partial charge in [-0.3, -0.25) is 4.79 Å². The molecule has 0 aliphatic carbocycles. The van der Waals surface area contributed by atoms with Gasteiger partial charge in [-0.25, -0.2) is 8.42 Å². The minimum absolute atomic E-state index is 0.00278. The fourth-order valence-corrected chi connectivity index (χ4v) is 2.00. The van der Waals surface area contributed by atoms with Crippen LogP contribution in [-0.4, -0.2) is 26.6 Å². The quantitative estimate of drug-likeness (QED) is 0.809. The van der Waals surface area contributed by atoms with Gasteiger partial charge in [0.25, 0.3) is 0 Å². The number of sulfone groups is 1. The van der Waals surface area contributed by atoms with Crippen molar-refractivity contribution in [1.82, 2.24) is 5.32 Å². The van der Waals surface area contributed by atoms with Crippen LogP contribution in [0, 0.1) is 0 Å². The summed E-state index contributed by atoms with van der Waals surface area (Å²) in [6.07, 6.45) is 1.07. The minimum Gasteiger partial charge on any atom is -0.352 e. The molecule has 0 aromatic heterocycles. The molecule has 0 saturated carbocycles. The summed E-state index contributed by atoms with van der Waals surface area (Å²) < 4.78 is 22.4. The lowest BCUT2D eigenvalue weighted by atomic mass is 10.0. The van der Waals surface area contributed by atoms with Crippen molar-refractivity contribution in [3.05, 3.63) is 47.4 Å². The van der Waals surface area contributed by atoms with E-state index in [2.05, 4.69) is 5.32 Å². The highest BCUT2D eigenvalue weighted by Crippen LogP contribution is 2.12. The Bertz CT molecular complexity index is 535. The first-order chi connectivity index (χ1) is 8.94. The van der Waals surface area contributed by atoms with Crippen LogP contribution < -0.4 is 5.32 Å². The van der Waals surface area contributed by atoms with Gasteiger partial charge in [0.2, 0.25) is 5.91 Å². The molecule has 104 valence electrons. The third-order valence-electron chi connectivity index (χ3n) is 2.78. The van der Waals surface area contributed by atoms with Crippen molar-refractivity contribution in [2.45, 2.75) is 19.8 Å². The van der Waals surface area contributed by atoms with Gasteiger partial charge in [0.15, 0.2) is 9.84 Å². The molecule has 1 N–H and O–H groups in total. The van der Waals surface area contributed by atoms with E-state index in [0.717, 1.165) is 17.0 Å². The highest BCUT2D eigenvalue weighted by Gasteiger charge is 2.07. The summed E-state index contributed by atoms with van der Waals surface area (Å²) in [6, 6.07) is 9.82. The second-order valence-corrected chi connectivity index (χ2v) is 6.49. The van der Waals surface area contributed by atoms with Crippen LogP contribution in [0.2, 0.25) is 0 Å². The van der Waals surface area contributed by atoms with Crippen LogP contribution in [0.1, 0.15) is 25.3 Å². The first-order valence-electron chi connectivity index (χ1n) is 6.18. The molecule has 1 atom stereocenters. The molecule has 0 aliphatic rings. The maximum absolute atomic E-state index is 11.5. The molecule has 0 fully saturated rings. The van der Waals surface area contributed by atoms with Crippen molar-refractivity contribution >= 4 is 15.7 Å². The second-order valence-electron chi connectivity index (χ2n) is 4.31. The Balaban J connectivity index is 2.47. The van der Waals surface area contributed by atoms with Crippen molar-refractivity contribution in [1.29, 1.82) is 0 Å². The molecule has 1 amide bonds. The van der Waals surface area contributed by atoms with E-state index in [-0.39, 0.29) is 17.6 Å². The lowest BCUT2D eigenvalue weighted by Gasteiger charge is -2.11. The summed E-state index contributed by atoms with van der Waals surface area (Å²) in [4.78, 5) is 11.5. The molecule has 1 rings (SSSR count). The molecule has 1 aromatic carbocycles. The molecule has 0 aliphatic heterocycles. The van der Waals surface area contributed by atoms with Gasteiger partial charge in [-0.15, -0.1) is 0 Å². The topological polar surface area (TPSA) is 63.2 Å². The monoisotopic (exact) mass is 281 g/mol. The lowest BCUT2D eigenvalue weighted by Crippen LogP contribution is -2.25. The maximum Gasteiger partial charge on any atom is 0.244 e. The van der Waals surface area contributed by atoms with Gasteiger partial charge in [0.1, 0.15) is 0 Å². The van der Waals surface area contributed by atoms with Gasteiger partial charge in [-0.1, -0.05) is 44.2 Å². The van der Waals surface area contributed by atoms with Gasteiger partial charge in [0.05, 0.1) is 5.75 Å². The van der Waals surface area contributed by atoms with E-state index < -0.39 is 9.84 Å². The smallest absolute Gasteiger partial charge is 0.244 e. The molecule has 0 spiro atoms. The standard InChI is InChI=1S/C14H19NO3S/c1-3-19(17,18)10-9-14(16)15-11-12(2)13-7-5-4-6-8-13/h4-10,12H,3,11H2,1-2H3,(H,15,16)/b10-9+. The van der Waals surface area contributed by atoms with Crippen LogP contribution >= 0.6 is 0 Å². The SMILES string of the molecule is CCS(=O)(=O)/C=C/C(=O)NCC(C)c1ccccc1. The lowest BCUT2D eigenvalue weighted by molar-refractivity contribution is -0.116. The molecule has 0 saturated heterocycles. The number of carbonyl (C=O) groups is 1. The Morgan fingerprint density at radius 2 is 1.95 bits per heavy atom. The van der Waals surface area contributed by atoms with E-state index in [1.165, 1.54) is 6.92 Å². The predicted octanol–water partition coefficient (Wildman–Crippen LogP) is 1.85. The van der Waals surface area contributed by atoms with Crippen molar-refractivity contribution in [2.24, 2.45) is 0 Å². The van der Waals surface area contributed by atoms with Crippen LogP contribution in [0.4, 0.5) is 0 Å². The average molecular weight is 281 g/mol. The molecule has 1 unspecified atom stereocenters. The van der Waals surface area contributed by atoms with E-state index in [9.17, 15) is 13.2 Å². The molecule has 0 radical (unpaired) electrons. The summed E-state index contributed by atoms with van der Waals surface area (Å²) in [5, 5.41) is 3.64. The van der Waals surface area contributed by atoms with Crippen molar-refractivity contribution in [3.8, 4) is 0 Å². The van der Waals surface area contributed by atoms with Crippen LogP contribution in [0.3, 0.4) is 0 Å². The molecule has 1 aromatic rings. The highest BCUT2D eigenvalue weighted by molar-refractivity contribution is 7.94. The van der Waals surface area contributed by atoms with Gasteiger partial charge >= 0.3 is 0 Å². The Morgan fingerprint density at radius 3 is 2.53 bits per heavy atom. The molecule has 5 heteroatoms. The number of hydrogen-bond donors (Lipinski definition) is 1. The molecular weight excluding hydrogens is 262 g/mol. The number of nitrogens with one attached hydrogen (secondary N) is 1. The summed E-state index contributed by atoms with van der Waals surface area (Å²) in [5.74, 6) is -0.210. The number of hydrogen-bond acceptors (Lipinski definition) is 3. The minimum atomic E-state index is -3.25. The normalized spacial score (nSPS) is 13.4. The number of benzene rings is 1. The van der Waals surface area contributed by atoms with Gasteiger partial charge < -0.3 is 5.32 Å². The summed E-state index contributed by atoms with van der Waals surface area (Å²) in [5.41, 5.74) is 1.13. The fraction of sp³-hybridized carbons (Fsp3) is 0.357. The summed E-state index contributed by atoms with van der Waals surface area (Å²) in [6.45, 7) is 4.01. The zero-order valence-electron chi connectivity index (χ0n) is 11.2. The van der Waals surface area contributed by atoms with E-state index in [0.29, 0.717) is 6.54 Å². The van der Waals surface area contributed by atoms with Crippen LogP contribution in [0.25, 0.3) is 0 Å². The average Bonchev–Trinajstić information content (AvgIpc) is 2.43. The number of amides is 1. The fourth-order valence-electron chi connectivity index (χ4n) is 1.47. The number of rotatable bonds is 6. The maximum atomic E-state index is 11.5. The highest BCUT2D eigenvalue weighted by atomic mass is 32.2. The first-order valence-corrected chi connectivity index (χ1v) is 7.89. The third kappa shape index (κ3) is 5.70. The Hall–Kier alpha value is -1.62. The Morgan fingerprint density at radius 1 is 1.32 bits per heavy atom.